The summed E-state index contributed by atoms with van der Waals surface area (Å²) in [5.41, 5.74) is 2.54. The summed E-state index contributed by atoms with van der Waals surface area (Å²) in [6, 6.07) is 19.8. The molecule has 8 heteroatoms. The van der Waals surface area contributed by atoms with Crippen LogP contribution in [0, 0.1) is 6.92 Å². The normalized spacial score (nSPS) is 11.9. The topological polar surface area (TPSA) is 73.2 Å². The summed E-state index contributed by atoms with van der Waals surface area (Å²) in [4.78, 5) is 31.2. The molecule has 3 aromatic carbocycles. The Morgan fingerprint density at radius 2 is 1.85 bits per heavy atom. The minimum absolute atomic E-state index is 0.179. The zero-order chi connectivity index (χ0) is 23.5. The Morgan fingerprint density at radius 1 is 1.12 bits per heavy atom. The number of rotatable bonds is 6. The molecule has 6 nitrogen and oxygen atoms in total. The van der Waals surface area contributed by atoms with Crippen LogP contribution < -0.4 is 15.6 Å². The van der Waals surface area contributed by atoms with E-state index in [1.54, 1.807) is 41.8 Å². The first-order chi connectivity index (χ1) is 15.9. The first-order valence-electron chi connectivity index (χ1n) is 10.3. The average molecular weight is 480 g/mol. The number of carbonyl (C=O) groups is 1. The second-order valence-electron chi connectivity index (χ2n) is 7.43. The SMILES string of the molecule is COc1ccc(Cl)cc1NC(=O)C(C)Sc1nc2ccccc2c(=O)n1-c1ccccc1C. The van der Waals surface area contributed by atoms with E-state index in [0.29, 0.717) is 32.5 Å². The van der Waals surface area contributed by atoms with Crippen molar-refractivity contribution >= 4 is 45.9 Å². The summed E-state index contributed by atoms with van der Waals surface area (Å²) in [7, 11) is 1.52. The number of nitrogens with zero attached hydrogens (tertiary/aromatic N) is 2. The lowest BCUT2D eigenvalue weighted by molar-refractivity contribution is -0.115. The van der Waals surface area contributed by atoms with E-state index in [9.17, 15) is 9.59 Å². The van der Waals surface area contributed by atoms with Crippen molar-refractivity contribution in [2.24, 2.45) is 0 Å². The van der Waals surface area contributed by atoms with Crippen LogP contribution >= 0.6 is 23.4 Å². The Hall–Kier alpha value is -3.29. The number of ether oxygens (including phenoxy) is 1. The van der Waals surface area contributed by atoms with Gasteiger partial charge in [-0.3, -0.25) is 14.2 Å². The first kappa shape index (κ1) is 22.9. The predicted molar refractivity (Wildman–Crippen MR) is 134 cm³/mol. The highest BCUT2D eigenvalue weighted by Crippen LogP contribution is 2.30. The van der Waals surface area contributed by atoms with Gasteiger partial charge in [0.15, 0.2) is 5.16 Å². The van der Waals surface area contributed by atoms with Gasteiger partial charge in [0, 0.05) is 5.02 Å². The molecule has 1 unspecified atom stereocenters. The molecule has 1 aromatic heterocycles. The molecule has 4 rings (SSSR count). The number of fused-ring (bicyclic) bond motifs is 1. The van der Waals surface area contributed by atoms with E-state index < -0.39 is 5.25 Å². The molecule has 0 spiro atoms. The Labute approximate surface area is 200 Å². The van der Waals surface area contributed by atoms with Crippen LogP contribution in [0.2, 0.25) is 5.02 Å². The molecular formula is C25H22ClN3O3S. The Kier molecular flexibility index (Phi) is 6.72. The van der Waals surface area contributed by atoms with Crippen LogP contribution in [0.3, 0.4) is 0 Å². The van der Waals surface area contributed by atoms with Crippen molar-refractivity contribution in [1.29, 1.82) is 0 Å². The maximum atomic E-state index is 13.4. The van der Waals surface area contributed by atoms with Crippen molar-refractivity contribution in [2.45, 2.75) is 24.3 Å². The Morgan fingerprint density at radius 3 is 2.61 bits per heavy atom. The molecule has 0 aliphatic heterocycles. The van der Waals surface area contributed by atoms with Crippen molar-refractivity contribution in [1.82, 2.24) is 9.55 Å². The summed E-state index contributed by atoms with van der Waals surface area (Å²) < 4.78 is 6.89. The predicted octanol–water partition coefficient (Wildman–Crippen LogP) is 5.48. The fourth-order valence-corrected chi connectivity index (χ4v) is 4.53. The standard InChI is InChI=1S/C25H22ClN3O3S/c1-15-8-4-7-11-21(15)29-24(31)18-9-5-6-10-19(18)28-25(29)33-16(2)23(30)27-20-14-17(26)12-13-22(20)32-3/h4-14,16H,1-3H3,(H,27,30). The maximum Gasteiger partial charge on any atom is 0.266 e. The van der Waals surface area contributed by atoms with Gasteiger partial charge in [-0.25, -0.2) is 4.98 Å². The number of halogens is 1. The van der Waals surface area contributed by atoms with Crippen LogP contribution in [0.5, 0.6) is 5.75 Å². The van der Waals surface area contributed by atoms with Crippen molar-refractivity contribution in [3.63, 3.8) is 0 Å². The largest absolute Gasteiger partial charge is 0.495 e. The Bertz CT molecular complexity index is 1400. The van der Waals surface area contributed by atoms with Gasteiger partial charge in [0.25, 0.3) is 5.56 Å². The van der Waals surface area contributed by atoms with Crippen molar-refractivity contribution in [3.8, 4) is 11.4 Å². The number of hydrogen-bond donors (Lipinski definition) is 1. The fraction of sp³-hybridized carbons (Fsp3) is 0.160. The van der Waals surface area contributed by atoms with Gasteiger partial charge in [-0.05, 0) is 55.8 Å². The van der Waals surface area contributed by atoms with E-state index in [2.05, 4.69) is 5.32 Å². The third kappa shape index (κ3) is 4.74. The van der Waals surface area contributed by atoms with Crippen LogP contribution in [0.25, 0.3) is 16.6 Å². The van der Waals surface area contributed by atoms with Crippen molar-refractivity contribution in [2.75, 3.05) is 12.4 Å². The van der Waals surface area contributed by atoms with Gasteiger partial charge in [0.2, 0.25) is 5.91 Å². The molecule has 0 saturated heterocycles. The van der Waals surface area contributed by atoms with E-state index in [0.717, 1.165) is 11.3 Å². The summed E-state index contributed by atoms with van der Waals surface area (Å²) in [6.45, 7) is 3.70. The number of methoxy groups -OCH3 is 1. The average Bonchev–Trinajstić information content (AvgIpc) is 2.80. The minimum Gasteiger partial charge on any atom is -0.495 e. The monoisotopic (exact) mass is 479 g/mol. The number of aryl methyl sites for hydroxylation is 1. The number of benzene rings is 3. The van der Waals surface area contributed by atoms with Crippen LogP contribution in [-0.4, -0.2) is 27.8 Å². The molecule has 0 saturated carbocycles. The lowest BCUT2D eigenvalue weighted by Gasteiger charge is -2.18. The summed E-state index contributed by atoms with van der Waals surface area (Å²) >= 11 is 7.30. The fourth-order valence-electron chi connectivity index (χ4n) is 3.44. The number of carbonyl (C=O) groups excluding carboxylic acids is 1. The third-order valence-corrected chi connectivity index (χ3v) is 6.46. The van der Waals surface area contributed by atoms with E-state index in [1.165, 1.54) is 18.9 Å². The number of nitrogens with one attached hydrogen (secondary N) is 1. The second-order valence-corrected chi connectivity index (χ2v) is 9.18. The number of aromatic nitrogens is 2. The minimum atomic E-state index is -0.558. The maximum absolute atomic E-state index is 13.4. The van der Waals surface area contributed by atoms with E-state index in [-0.39, 0.29) is 11.5 Å². The van der Waals surface area contributed by atoms with Crippen LogP contribution in [0.1, 0.15) is 12.5 Å². The highest BCUT2D eigenvalue weighted by Gasteiger charge is 2.22. The van der Waals surface area contributed by atoms with Gasteiger partial charge >= 0.3 is 0 Å². The van der Waals surface area contributed by atoms with E-state index >= 15 is 0 Å². The molecule has 0 bridgehead atoms. The molecule has 0 aliphatic carbocycles. The molecule has 168 valence electrons. The summed E-state index contributed by atoms with van der Waals surface area (Å²) in [5.74, 6) is 0.241. The molecule has 33 heavy (non-hydrogen) atoms. The molecule has 0 fully saturated rings. The molecule has 1 N–H and O–H groups in total. The Balaban J connectivity index is 1.73. The highest BCUT2D eigenvalue weighted by atomic mass is 35.5. The zero-order valence-electron chi connectivity index (χ0n) is 18.3. The number of para-hydroxylation sites is 2. The lowest BCUT2D eigenvalue weighted by Crippen LogP contribution is -2.26. The van der Waals surface area contributed by atoms with Gasteiger partial charge in [0.05, 0.1) is 34.6 Å². The number of thioether (sulfide) groups is 1. The van der Waals surface area contributed by atoms with Crippen LogP contribution in [0.15, 0.2) is 76.7 Å². The first-order valence-corrected chi connectivity index (χ1v) is 11.5. The lowest BCUT2D eigenvalue weighted by atomic mass is 10.2. The van der Waals surface area contributed by atoms with Crippen molar-refractivity contribution in [3.05, 3.63) is 87.7 Å². The van der Waals surface area contributed by atoms with Gasteiger partial charge in [-0.15, -0.1) is 0 Å². The summed E-state index contributed by atoms with van der Waals surface area (Å²) in [5, 5.41) is 3.74. The molecular weight excluding hydrogens is 458 g/mol. The van der Waals surface area contributed by atoms with Gasteiger partial charge in [-0.1, -0.05) is 53.7 Å². The number of amides is 1. The smallest absolute Gasteiger partial charge is 0.266 e. The molecule has 1 heterocycles. The molecule has 0 aliphatic rings. The van der Waals surface area contributed by atoms with Gasteiger partial charge < -0.3 is 10.1 Å². The molecule has 1 atom stereocenters. The second kappa shape index (κ2) is 9.68. The van der Waals surface area contributed by atoms with Crippen molar-refractivity contribution < 1.29 is 9.53 Å². The molecule has 1 amide bonds. The van der Waals surface area contributed by atoms with Crippen LogP contribution in [-0.2, 0) is 4.79 Å². The van der Waals surface area contributed by atoms with Gasteiger partial charge in [0.1, 0.15) is 5.75 Å². The van der Waals surface area contributed by atoms with E-state index in [1.807, 2.05) is 43.3 Å². The molecule has 0 radical (unpaired) electrons. The van der Waals surface area contributed by atoms with Gasteiger partial charge in [-0.2, -0.15) is 0 Å². The highest BCUT2D eigenvalue weighted by molar-refractivity contribution is 8.00. The summed E-state index contributed by atoms with van der Waals surface area (Å²) in [6.07, 6.45) is 0. The van der Waals surface area contributed by atoms with Crippen LogP contribution in [0.4, 0.5) is 5.69 Å². The number of hydrogen-bond acceptors (Lipinski definition) is 5. The quantitative estimate of drug-likeness (QED) is 0.293. The zero-order valence-corrected chi connectivity index (χ0v) is 19.9. The third-order valence-electron chi connectivity index (χ3n) is 5.17. The number of anilines is 1. The molecule has 4 aromatic rings. The van der Waals surface area contributed by atoms with E-state index in [4.69, 9.17) is 21.3 Å².